The number of likely N-dealkylation sites (tertiary alicyclic amines) is 2. The van der Waals surface area contributed by atoms with Crippen LogP contribution in [0.1, 0.15) is 35.2 Å². The fraction of sp³-hybridized carbons (Fsp3) is 0.423. The third-order valence-electron chi connectivity index (χ3n) is 6.69. The number of aromatic hydroxyl groups is 1. The second-order valence-corrected chi connectivity index (χ2v) is 9.14. The van der Waals surface area contributed by atoms with E-state index in [1.165, 1.54) is 12.1 Å². The highest BCUT2D eigenvalue weighted by atomic mass is 16.3. The molecule has 0 saturated carbocycles. The molecular formula is C26H31N3O4. The van der Waals surface area contributed by atoms with Gasteiger partial charge < -0.3 is 15.3 Å². The number of aryl methyl sites for hydroxylation is 1. The highest BCUT2D eigenvalue weighted by Gasteiger charge is 2.32. The van der Waals surface area contributed by atoms with E-state index in [0.29, 0.717) is 57.7 Å². The molecule has 2 aromatic rings. The van der Waals surface area contributed by atoms with E-state index >= 15 is 0 Å². The molecule has 2 aromatic carbocycles. The van der Waals surface area contributed by atoms with Crippen molar-refractivity contribution in [2.45, 2.75) is 26.2 Å². The number of amides is 2. The van der Waals surface area contributed by atoms with E-state index in [-0.39, 0.29) is 35.2 Å². The van der Waals surface area contributed by atoms with Gasteiger partial charge in [0.2, 0.25) is 11.8 Å². The van der Waals surface area contributed by atoms with Gasteiger partial charge in [-0.05, 0) is 57.0 Å². The monoisotopic (exact) mass is 449 g/mol. The van der Waals surface area contributed by atoms with Crippen molar-refractivity contribution in [3.8, 4) is 5.75 Å². The van der Waals surface area contributed by atoms with Crippen molar-refractivity contribution in [3.63, 3.8) is 0 Å². The number of ketones is 1. The quantitative estimate of drug-likeness (QED) is 0.523. The fourth-order valence-electron chi connectivity index (χ4n) is 4.62. The molecule has 2 N–H and O–H groups in total. The SMILES string of the molecule is Cc1ccc(C(=O)C2CCN(C(=O)CN3CCC(C(=O)Nc4ccc(O)cc4)C3)CC2)cc1. The lowest BCUT2D eigenvalue weighted by Crippen LogP contribution is -2.45. The maximum Gasteiger partial charge on any atom is 0.236 e. The van der Waals surface area contributed by atoms with Crippen molar-refractivity contribution in [2.75, 3.05) is 38.0 Å². The molecule has 1 atom stereocenters. The molecule has 2 amide bonds. The predicted octanol–water partition coefficient (Wildman–Crippen LogP) is 3.08. The molecule has 7 heteroatoms. The summed E-state index contributed by atoms with van der Waals surface area (Å²) in [5.74, 6) is 0.133. The fourth-order valence-corrected chi connectivity index (χ4v) is 4.62. The zero-order chi connectivity index (χ0) is 23.4. The molecule has 0 radical (unpaired) electrons. The van der Waals surface area contributed by atoms with Gasteiger partial charge in [0, 0.05) is 36.8 Å². The van der Waals surface area contributed by atoms with E-state index in [1.807, 2.05) is 41.0 Å². The van der Waals surface area contributed by atoms with Crippen LogP contribution in [0.5, 0.6) is 5.75 Å². The maximum atomic E-state index is 12.8. The Kier molecular flexibility index (Phi) is 7.08. The molecule has 2 saturated heterocycles. The number of nitrogens with one attached hydrogen (secondary N) is 1. The first-order valence-electron chi connectivity index (χ1n) is 11.6. The predicted molar refractivity (Wildman–Crippen MR) is 126 cm³/mol. The third kappa shape index (κ3) is 5.79. The minimum absolute atomic E-state index is 0.0310. The number of benzene rings is 2. The number of phenols is 1. The minimum atomic E-state index is -0.163. The standard InChI is InChI=1S/C26H31N3O4/c1-18-2-4-19(5-3-18)25(32)20-11-14-29(15-12-20)24(31)17-28-13-10-21(16-28)26(33)27-22-6-8-23(30)9-7-22/h2-9,20-21,30H,10-17H2,1H3,(H,27,33). The van der Waals surface area contributed by atoms with Crippen LogP contribution in [-0.2, 0) is 9.59 Å². The third-order valence-corrected chi connectivity index (χ3v) is 6.69. The Labute approximate surface area is 194 Å². The summed E-state index contributed by atoms with van der Waals surface area (Å²) in [5, 5.41) is 12.2. The molecule has 0 aromatic heterocycles. The molecule has 2 aliphatic rings. The largest absolute Gasteiger partial charge is 0.508 e. The van der Waals surface area contributed by atoms with Gasteiger partial charge in [-0.15, -0.1) is 0 Å². The number of carbonyl (C=O) groups is 3. The van der Waals surface area contributed by atoms with Gasteiger partial charge in [-0.3, -0.25) is 19.3 Å². The molecule has 0 bridgehead atoms. The van der Waals surface area contributed by atoms with Gasteiger partial charge >= 0.3 is 0 Å². The zero-order valence-corrected chi connectivity index (χ0v) is 19.0. The van der Waals surface area contributed by atoms with Crippen LogP contribution in [0.4, 0.5) is 5.69 Å². The van der Waals surface area contributed by atoms with Crippen LogP contribution in [0.2, 0.25) is 0 Å². The topological polar surface area (TPSA) is 90.0 Å². The van der Waals surface area contributed by atoms with Crippen molar-refractivity contribution in [3.05, 3.63) is 59.7 Å². The van der Waals surface area contributed by atoms with E-state index in [2.05, 4.69) is 5.32 Å². The number of nitrogens with zero attached hydrogens (tertiary/aromatic N) is 2. The Morgan fingerprint density at radius 1 is 0.909 bits per heavy atom. The molecule has 7 nitrogen and oxygen atoms in total. The second kappa shape index (κ2) is 10.2. The Hall–Kier alpha value is -3.19. The number of phenolic OH excluding ortho intramolecular Hbond substituents is 1. The van der Waals surface area contributed by atoms with Crippen LogP contribution >= 0.6 is 0 Å². The number of hydrogen-bond acceptors (Lipinski definition) is 5. The first kappa shape index (κ1) is 23.0. The summed E-state index contributed by atoms with van der Waals surface area (Å²) >= 11 is 0. The minimum Gasteiger partial charge on any atom is -0.508 e. The van der Waals surface area contributed by atoms with Gasteiger partial charge in [0.1, 0.15) is 5.75 Å². The molecular weight excluding hydrogens is 418 g/mol. The van der Waals surface area contributed by atoms with Gasteiger partial charge in [0.25, 0.3) is 0 Å². The molecule has 4 rings (SSSR count). The smallest absolute Gasteiger partial charge is 0.236 e. The van der Waals surface area contributed by atoms with Gasteiger partial charge in [-0.2, -0.15) is 0 Å². The van der Waals surface area contributed by atoms with Gasteiger partial charge in [0.15, 0.2) is 5.78 Å². The van der Waals surface area contributed by atoms with Crippen molar-refractivity contribution < 1.29 is 19.5 Å². The molecule has 2 fully saturated rings. The van der Waals surface area contributed by atoms with Crippen molar-refractivity contribution >= 4 is 23.3 Å². The van der Waals surface area contributed by atoms with Crippen LogP contribution in [0.25, 0.3) is 0 Å². The van der Waals surface area contributed by atoms with Crippen LogP contribution in [0.3, 0.4) is 0 Å². The van der Waals surface area contributed by atoms with Crippen molar-refractivity contribution in [2.24, 2.45) is 11.8 Å². The molecule has 1 unspecified atom stereocenters. The van der Waals surface area contributed by atoms with E-state index in [1.54, 1.807) is 12.1 Å². The zero-order valence-electron chi connectivity index (χ0n) is 19.0. The lowest BCUT2D eigenvalue weighted by molar-refractivity contribution is -0.133. The van der Waals surface area contributed by atoms with E-state index in [4.69, 9.17) is 0 Å². The second-order valence-electron chi connectivity index (χ2n) is 9.14. The number of Topliss-reactive ketones (excluding diaryl/α,β-unsaturated/α-hetero) is 1. The summed E-state index contributed by atoms with van der Waals surface area (Å²) in [7, 11) is 0. The number of anilines is 1. The van der Waals surface area contributed by atoms with Crippen LogP contribution in [0, 0.1) is 18.8 Å². The summed E-state index contributed by atoms with van der Waals surface area (Å²) in [6, 6.07) is 14.1. The van der Waals surface area contributed by atoms with Crippen molar-refractivity contribution in [1.29, 1.82) is 0 Å². The van der Waals surface area contributed by atoms with E-state index < -0.39 is 0 Å². The summed E-state index contributed by atoms with van der Waals surface area (Å²) < 4.78 is 0. The van der Waals surface area contributed by atoms with Gasteiger partial charge in [0.05, 0.1) is 12.5 Å². The van der Waals surface area contributed by atoms with E-state index in [0.717, 1.165) is 11.1 Å². The van der Waals surface area contributed by atoms with Crippen LogP contribution in [0.15, 0.2) is 48.5 Å². The molecule has 174 valence electrons. The van der Waals surface area contributed by atoms with Gasteiger partial charge in [-0.1, -0.05) is 29.8 Å². The number of hydrogen-bond donors (Lipinski definition) is 2. The average molecular weight is 450 g/mol. The Morgan fingerprint density at radius 3 is 2.21 bits per heavy atom. The Balaban J connectivity index is 1.21. The highest BCUT2D eigenvalue weighted by molar-refractivity contribution is 5.98. The number of rotatable bonds is 6. The Bertz CT molecular complexity index is 995. The van der Waals surface area contributed by atoms with Crippen LogP contribution < -0.4 is 5.32 Å². The molecule has 33 heavy (non-hydrogen) atoms. The average Bonchev–Trinajstić information content (AvgIpc) is 3.29. The molecule has 2 heterocycles. The molecule has 0 spiro atoms. The summed E-state index contributed by atoms with van der Waals surface area (Å²) in [6.45, 7) is 4.77. The first-order valence-corrected chi connectivity index (χ1v) is 11.6. The number of piperidine rings is 1. The number of carbonyl (C=O) groups excluding carboxylic acids is 3. The summed E-state index contributed by atoms with van der Waals surface area (Å²) in [6.07, 6.45) is 2.09. The lowest BCUT2D eigenvalue weighted by atomic mass is 9.88. The van der Waals surface area contributed by atoms with Crippen molar-refractivity contribution in [1.82, 2.24) is 9.80 Å². The summed E-state index contributed by atoms with van der Waals surface area (Å²) in [5.41, 5.74) is 2.53. The normalized spacial score (nSPS) is 19.4. The lowest BCUT2D eigenvalue weighted by Gasteiger charge is -2.32. The Morgan fingerprint density at radius 2 is 1.55 bits per heavy atom. The molecule has 0 aliphatic carbocycles. The maximum absolute atomic E-state index is 12.8. The van der Waals surface area contributed by atoms with Gasteiger partial charge in [-0.25, -0.2) is 0 Å². The first-order chi connectivity index (χ1) is 15.9. The van der Waals surface area contributed by atoms with Crippen LogP contribution in [-0.4, -0.2) is 65.2 Å². The molecule has 2 aliphatic heterocycles. The van der Waals surface area contributed by atoms with E-state index in [9.17, 15) is 19.5 Å². The highest BCUT2D eigenvalue weighted by Crippen LogP contribution is 2.24. The summed E-state index contributed by atoms with van der Waals surface area (Å²) in [4.78, 5) is 42.0.